The summed E-state index contributed by atoms with van der Waals surface area (Å²) in [6.07, 6.45) is 3.05. The first-order valence-corrected chi connectivity index (χ1v) is 4.92. The predicted molar refractivity (Wildman–Crippen MR) is 56.1 cm³/mol. The molecule has 0 aromatic carbocycles. The molecule has 0 spiro atoms. The van der Waals surface area contributed by atoms with Gasteiger partial charge in [-0.15, -0.1) is 0 Å². The quantitative estimate of drug-likeness (QED) is 0.786. The molecule has 1 heterocycles. The second-order valence-corrected chi connectivity index (χ2v) is 3.98. The molecule has 1 rings (SSSR count). The van der Waals surface area contributed by atoms with Gasteiger partial charge in [-0.2, -0.15) is 5.10 Å². The van der Waals surface area contributed by atoms with Gasteiger partial charge in [-0.25, -0.2) is 0 Å². The molecule has 1 aromatic rings. The van der Waals surface area contributed by atoms with Crippen LogP contribution in [0.4, 0.5) is 0 Å². The lowest BCUT2D eigenvalue weighted by atomic mass is 10.2. The number of hydrogen-bond donors (Lipinski definition) is 0. The molecule has 0 aliphatic carbocycles. The lowest BCUT2D eigenvalue weighted by Crippen LogP contribution is -2.12. The van der Waals surface area contributed by atoms with E-state index in [9.17, 15) is 0 Å². The van der Waals surface area contributed by atoms with Gasteiger partial charge in [0.05, 0.1) is 21.6 Å². The number of halogens is 1. The molecule has 1 atom stereocenters. The third-order valence-electron chi connectivity index (χ3n) is 1.89. The molecule has 68 valence electrons. The van der Waals surface area contributed by atoms with Crippen LogP contribution in [0, 0.1) is 3.57 Å². The first kappa shape index (κ1) is 9.98. The minimum atomic E-state index is 0.258. The minimum absolute atomic E-state index is 0.258. The summed E-state index contributed by atoms with van der Waals surface area (Å²) in [5.74, 6) is 0. The van der Waals surface area contributed by atoms with Gasteiger partial charge in [-0.1, -0.05) is 0 Å². The van der Waals surface area contributed by atoms with E-state index in [0.717, 1.165) is 6.42 Å². The predicted octanol–water partition coefficient (Wildman–Crippen LogP) is 1.60. The van der Waals surface area contributed by atoms with Crippen molar-refractivity contribution >= 4 is 22.6 Å². The number of aryl methyl sites for hydroxylation is 1. The molecule has 0 saturated carbocycles. The Kier molecular flexibility index (Phi) is 3.52. The van der Waals surface area contributed by atoms with E-state index >= 15 is 0 Å². The highest BCUT2D eigenvalue weighted by molar-refractivity contribution is 14.1. The standard InChI is InChI=1S/C8H13IN2O/c1-6(12-3)4-8-7(9)5-10-11(8)2/h5-6H,4H2,1-3H3. The number of methoxy groups -OCH3 is 1. The van der Waals surface area contributed by atoms with Crippen molar-refractivity contribution in [2.45, 2.75) is 19.4 Å². The van der Waals surface area contributed by atoms with Crippen LogP contribution < -0.4 is 0 Å². The van der Waals surface area contributed by atoms with E-state index in [-0.39, 0.29) is 6.10 Å². The van der Waals surface area contributed by atoms with Crippen LogP contribution >= 0.6 is 22.6 Å². The summed E-state index contributed by atoms with van der Waals surface area (Å²) < 4.78 is 8.30. The molecule has 0 saturated heterocycles. The van der Waals surface area contributed by atoms with Gasteiger partial charge < -0.3 is 4.74 Å². The third kappa shape index (κ3) is 2.20. The molecule has 3 nitrogen and oxygen atoms in total. The van der Waals surface area contributed by atoms with Crippen molar-refractivity contribution in [3.63, 3.8) is 0 Å². The number of aromatic nitrogens is 2. The molecule has 0 aliphatic heterocycles. The van der Waals surface area contributed by atoms with Gasteiger partial charge in [0.15, 0.2) is 0 Å². The number of hydrogen-bond acceptors (Lipinski definition) is 2. The van der Waals surface area contributed by atoms with Crippen molar-refractivity contribution in [3.05, 3.63) is 15.5 Å². The first-order chi connectivity index (χ1) is 5.65. The van der Waals surface area contributed by atoms with Crippen LogP contribution in [0.3, 0.4) is 0 Å². The Hall–Kier alpha value is -0.100. The monoisotopic (exact) mass is 280 g/mol. The maximum Gasteiger partial charge on any atom is 0.0626 e. The Morgan fingerprint density at radius 3 is 2.83 bits per heavy atom. The molecule has 0 radical (unpaired) electrons. The SMILES string of the molecule is COC(C)Cc1c(I)cnn1C. The fourth-order valence-corrected chi connectivity index (χ4v) is 1.72. The van der Waals surface area contributed by atoms with Crippen LogP contribution in [-0.4, -0.2) is 23.0 Å². The minimum Gasteiger partial charge on any atom is -0.381 e. The Morgan fingerprint density at radius 1 is 1.75 bits per heavy atom. The summed E-state index contributed by atoms with van der Waals surface area (Å²) in [6.45, 7) is 2.06. The van der Waals surface area contributed by atoms with Crippen LogP contribution in [0.1, 0.15) is 12.6 Å². The summed E-state index contributed by atoms with van der Waals surface area (Å²) in [6, 6.07) is 0. The number of nitrogens with zero attached hydrogens (tertiary/aromatic N) is 2. The first-order valence-electron chi connectivity index (χ1n) is 3.84. The Balaban J connectivity index is 2.73. The van der Waals surface area contributed by atoms with Gasteiger partial charge in [0.2, 0.25) is 0 Å². The third-order valence-corrected chi connectivity index (χ3v) is 2.79. The van der Waals surface area contributed by atoms with Gasteiger partial charge in [0.1, 0.15) is 0 Å². The lowest BCUT2D eigenvalue weighted by molar-refractivity contribution is 0.117. The van der Waals surface area contributed by atoms with E-state index in [1.54, 1.807) is 7.11 Å². The van der Waals surface area contributed by atoms with Crippen LogP contribution in [-0.2, 0) is 18.2 Å². The van der Waals surface area contributed by atoms with Gasteiger partial charge in [-0.05, 0) is 29.5 Å². The zero-order valence-corrected chi connectivity index (χ0v) is 9.70. The zero-order chi connectivity index (χ0) is 9.14. The van der Waals surface area contributed by atoms with Gasteiger partial charge >= 0.3 is 0 Å². The van der Waals surface area contributed by atoms with Crippen LogP contribution in [0.5, 0.6) is 0 Å². The van der Waals surface area contributed by atoms with Crippen LogP contribution in [0.15, 0.2) is 6.20 Å². The van der Waals surface area contributed by atoms with E-state index < -0.39 is 0 Å². The van der Waals surface area contributed by atoms with E-state index in [0.29, 0.717) is 0 Å². The molecule has 0 N–H and O–H groups in total. The molecule has 0 aliphatic rings. The van der Waals surface area contributed by atoms with Crippen molar-refractivity contribution in [1.82, 2.24) is 9.78 Å². The maximum atomic E-state index is 5.19. The molecule has 1 unspecified atom stereocenters. The fourth-order valence-electron chi connectivity index (χ4n) is 1.02. The Bertz CT molecular complexity index is 240. The van der Waals surface area contributed by atoms with Crippen molar-refractivity contribution in [2.24, 2.45) is 7.05 Å². The second-order valence-electron chi connectivity index (χ2n) is 2.81. The molecule has 4 heteroatoms. The molecular weight excluding hydrogens is 267 g/mol. The number of rotatable bonds is 3. The Labute approximate surface area is 86.2 Å². The summed E-state index contributed by atoms with van der Waals surface area (Å²) >= 11 is 2.29. The molecule has 12 heavy (non-hydrogen) atoms. The van der Waals surface area contributed by atoms with Crippen LogP contribution in [0.2, 0.25) is 0 Å². The van der Waals surface area contributed by atoms with E-state index in [2.05, 4.69) is 34.6 Å². The maximum absolute atomic E-state index is 5.19. The van der Waals surface area contributed by atoms with Crippen molar-refractivity contribution in [1.29, 1.82) is 0 Å². The van der Waals surface area contributed by atoms with Gasteiger partial charge in [0, 0.05) is 20.6 Å². The fraction of sp³-hybridized carbons (Fsp3) is 0.625. The normalized spacial score (nSPS) is 13.3. The van der Waals surface area contributed by atoms with Crippen LogP contribution in [0.25, 0.3) is 0 Å². The van der Waals surface area contributed by atoms with E-state index in [4.69, 9.17) is 4.74 Å². The van der Waals surface area contributed by atoms with Crippen molar-refractivity contribution in [2.75, 3.05) is 7.11 Å². The average molecular weight is 280 g/mol. The molecule has 1 aromatic heterocycles. The lowest BCUT2D eigenvalue weighted by Gasteiger charge is -2.09. The topological polar surface area (TPSA) is 27.1 Å². The molecule has 0 fully saturated rings. The highest BCUT2D eigenvalue weighted by atomic mass is 127. The van der Waals surface area contributed by atoms with E-state index in [1.165, 1.54) is 9.26 Å². The molecule has 0 bridgehead atoms. The summed E-state index contributed by atoms with van der Waals surface area (Å²) in [5, 5.41) is 4.16. The highest BCUT2D eigenvalue weighted by Crippen LogP contribution is 2.13. The Morgan fingerprint density at radius 2 is 2.42 bits per heavy atom. The van der Waals surface area contributed by atoms with Gasteiger partial charge in [-0.3, -0.25) is 4.68 Å². The highest BCUT2D eigenvalue weighted by Gasteiger charge is 2.09. The second kappa shape index (κ2) is 4.23. The van der Waals surface area contributed by atoms with Crippen molar-refractivity contribution in [3.8, 4) is 0 Å². The average Bonchev–Trinajstić information content (AvgIpc) is 2.35. The summed E-state index contributed by atoms with van der Waals surface area (Å²) in [7, 11) is 3.69. The van der Waals surface area contributed by atoms with Crippen molar-refractivity contribution < 1.29 is 4.74 Å². The summed E-state index contributed by atoms with van der Waals surface area (Å²) in [5.41, 5.74) is 1.24. The smallest absolute Gasteiger partial charge is 0.0626 e. The molecule has 0 amide bonds. The zero-order valence-electron chi connectivity index (χ0n) is 7.54. The largest absolute Gasteiger partial charge is 0.381 e. The molecular formula is C8H13IN2O. The van der Waals surface area contributed by atoms with Gasteiger partial charge in [0.25, 0.3) is 0 Å². The number of ether oxygens (including phenoxy) is 1. The van der Waals surface area contributed by atoms with E-state index in [1.807, 2.05) is 17.9 Å². The summed E-state index contributed by atoms with van der Waals surface area (Å²) in [4.78, 5) is 0.